The van der Waals surface area contributed by atoms with Crippen LogP contribution in [0.2, 0.25) is 0 Å². The van der Waals surface area contributed by atoms with Crippen molar-refractivity contribution in [2.45, 2.75) is 30.7 Å². The van der Waals surface area contributed by atoms with E-state index >= 15 is 0 Å². The topological polar surface area (TPSA) is 132 Å². The third-order valence-electron chi connectivity index (χ3n) is 2.58. The average Bonchev–Trinajstić information content (AvgIpc) is 2.27. The van der Waals surface area contributed by atoms with Gasteiger partial charge in [-0.05, 0) is 13.3 Å². The number of rotatable bonds is 5. The highest BCUT2D eigenvalue weighted by molar-refractivity contribution is 7.89. The Morgan fingerprint density at radius 1 is 1.44 bits per heavy atom. The Morgan fingerprint density at radius 3 is 2.50 bits per heavy atom. The number of hydrogen-bond acceptors (Lipinski definition) is 5. The summed E-state index contributed by atoms with van der Waals surface area (Å²) < 4.78 is 26.1. The van der Waals surface area contributed by atoms with Crippen LogP contribution in [0.25, 0.3) is 0 Å². The van der Waals surface area contributed by atoms with Gasteiger partial charge in [-0.15, -0.1) is 0 Å². The molecule has 0 saturated carbocycles. The predicted octanol–water partition coefficient (Wildman–Crippen LogP) is -1.50. The quantitative estimate of drug-likeness (QED) is 0.520. The Labute approximate surface area is 103 Å². The molecule has 0 bridgehead atoms. The molecule has 0 aliphatic heterocycles. The fraction of sp³-hybridized carbons (Fsp3) is 0.556. The van der Waals surface area contributed by atoms with E-state index in [2.05, 4.69) is 9.71 Å². The van der Waals surface area contributed by atoms with Gasteiger partial charge in [-0.1, -0.05) is 6.92 Å². The highest BCUT2D eigenvalue weighted by Gasteiger charge is 2.30. The summed E-state index contributed by atoms with van der Waals surface area (Å²) in [5, 5.41) is 9.14. The van der Waals surface area contributed by atoms with Crippen LogP contribution < -0.4 is 16.0 Å². The maximum atomic E-state index is 11.9. The first-order valence-corrected chi connectivity index (χ1v) is 6.69. The number of H-pyrrole nitrogens is 2. The van der Waals surface area contributed by atoms with E-state index < -0.39 is 38.3 Å². The summed E-state index contributed by atoms with van der Waals surface area (Å²) >= 11 is 0. The van der Waals surface area contributed by atoms with Crippen LogP contribution in [0.3, 0.4) is 0 Å². The van der Waals surface area contributed by atoms with Gasteiger partial charge in [0.15, 0.2) is 4.90 Å². The minimum Gasteiger partial charge on any atom is -0.394 e. The van der Waals surface area contributed by atoms with Crippen LogP contribution in [-0.2, 0) is 10.0 Å². The maximum absolute atomic E-state index is 11.9. The maximum Gasteiger partial charge on any atom is 0.325 e. The SMILES string of the molecule is CCC(C)(CO)NS(=O)(=O)c1c[nH]c(=O)[nH]c1=O. The second-order valence-electron chi connectivity index (χ2n) is 4.11. The first-order valence-electron chi connectivity index (χ1n) is 5.21. The third-order valence-corrected chi connectivity index (χ3v) is 4.23. The largest absolute Gasteiger partial charge is 0.394 e. The summed E-state index contributed by atoms with van der Waals surface area (Å²) in [5.74, 6) is 0. The Bertz CT molecular complexity index is 626. The molecule has 1 unspecified atom stereocenters. The lowest BCUT2D eigenvalue weighted by atomic mass is 10.0. The second kappa shape index (κ2) is 5.04. The first kappa shape index (κ1) is 14.6. The van der Waals surface area contributed by atoms with E-state index in [4.69, 9.17) is 5.11 Å². The van der Waals surface area contributed by atoms with Gasteiger partial charge in [-0.3, -0.25) is 9.78 Å². The van der Waals surface area contributed by atoms with E-state index in [9.17, 15) is 18.0 Å². The summed E-state index contributed by atoms with van der Waals surface area (Å²) in [7, 11) is -4.11. The van der Waals surface area contributed by atoms with Crippen molar-refractivity contribution in [3.8, 4) is 0 Å². The number of aliphatic hydroxyl groups is 1. The Hall–Kier alpha value is -1.45. The molecule has 9 heteroatoms. The molecule has 0 spiro atoms. The van der Waals surface area contributed by atoms with Crippen molar-refractivity contribution in [2.75, 3.05) is 6.61 Å². The molecule has 0 fully saturated rings. The van der Waals surface area contributed by atoms with Crippen molar-refractivity contribution < 1.29 is 13.5 Å². The van der Waals surface area contributed by atoms with E-state index in [-0.39, 0.29) is 0 Å². The molecule has 4 N–H and O–H groups in total. The van der Waals surface area contributed by atoms with Crippen molar-refractivity contribution >= 4 is 10.0 Å². The van der Waals surface area contributed by atoms with Crippen molar-refractivity contribution in [1.82, 2.24) is 14.7 Å². The van der Waals surface area contributed by atoms with Crippen LogP contribution in [-0.4, -0.2) is 35.6 Å². The van der Waals surface area contributed by atoms with Gasteiger partial charge in [0.2, 0.25) is 10.0 Å². The predicted molar refractivity (Wildman–Crippen MR) is 63.8 cm³/mol. The standard InChI is InChI=1S/C9H15N3O5S/c1-3-9(2,5-13)12-18(16,17)6-4-10-8(15)11-7(6)14/h4,12-13H,3,5H2,1-2H3,(H2,10,11,14,15). The van der Waals surface area contributed by atoms with Gasteiger partial charge in [0.1, 0.15) is 0 Å². The van der Waals surface area contributed by atoms with Gasteiger partial charge in [0, 0.05) is 6.20 Å². The fourth-order valence-corrected chi connectivity index (χ4v) is 2.67. The van der Waals surface area contributed by atoms with Crippen LogP contribution in [0.5, 0.6) is 0 Å². The molecule has 1 aromatic rings. The molecule has 1 aromatic heterocycles. The van der Waals surface area contributed by atoms with Crippen molar-refractivity contribution in [1.29, 1.82) is 0 Å². The van der Waals surface area contributed by atoms with Crippen molar-refractivity contribution in [3.63, 3.8) is 0 Å². The lowest BCUT2D eigenvalue weighted by molar-refractivity contribution is 0.191. The number of aliphatic hydroxyl groups excluding tert-OH is 1. The second-order valence-corrected chi connectivity index (χ2v) is 5.76. The zero-order valence-corrected chi connectivity index (χ0v) is 10.8. The molecule has 0 amide bonds. The number of aromatic nitrogens is 2. The molecular weight excluding hydrogens is 262 g/mol. The van der Waals surface area contributed by atoms with E-state index in [0.29, 0.717) is 6.42 Å². The summed E-state index contributed by atoms with van der Waals surface area (Å²) in [6, 6.07) is 0. The normalized spacial score (nSPS) is 15.3. The summed E-state index contributed by atoms with van der Waals surface area (Å²) in [5.41, 5.74) is -2.87. The summed E-state index contributed by atoms with van der Waals surface area (Å²) in [6.45, 7) is 2.78. The number of sulfonamides is 1. The molecule has 0 radical (unpaired) electrons. The molecule has 18 heavy (non-hydrogen) atoms. The average molecular weight is 277 g/mol. The van der Waals surface area contributed by atoms with Gasteiger partial charge < -0.3 is 10.1 Å². The van der Waals surface area contributed by atoms with Crippen LogP contribution in [0.15, 0.2) is 20.7 Å². The van der Waals surface area contributed by atoms with E-state index in [1.807, 2.05) is 4.98 Å². The van der Waals surface area contributed by atoms with E-state index in [1.54, 1.807) is 6.92 Å². The molecule has 0 aliphatic carbocycles. The minimum atomic E-state index is -4.11. The van der Waals surface area contributed by atoms with Gasteiger partial charge in [-0.2, -0.15) is 0 Å². The molecule has 1 heterocycles. The zero-order chi connectivity index (χ0) is 14.0. The van der Waals surface area contributed by atoms with Gasteiger partial charge in [-0.25, -0.2) is 17.9 Å². The molecule has 0 aliphatic rings. The minimum absolute atomic E-state index is 0.337. The molecule has 8 nitrogen and oxygen atoms in total. The van der Waals surface area contributed by atoms with Gasteiger partial charge in [0.05, 0.1) is 12.1 Å². The molecule has 1 rings (SSSR count). The van der Waals surface area contributed by atoms with Crippen LogP contribution >= 0.6 is 0 Å². The highest BCUT2D eigenvalue weighted by Crippen LogP contribution is 2.12. The van der Waals surface area contributed by atoms with Gasteiger partial charge >= 0.3 is 5.69 Å². The molecule has 102 valence electrons. The fourth-order valence-electron chi connectivity index (χ4n) is 1.19. The lowest BCUT2D eigenvalue weighted by Gasteiger charge is -2.26. The van der Waals surface area contributed by atoms with Crippen LogP contribution in [0, 0.1) is 0 Å². The molecular formula is C9H15N3O5S. The van der Waals surface area contributed by atoms with Crippen molar-refractivity contribution in [2.24, 2.45) is 0 Å². The monoisotopic (exact) mass is 277 g/mol. The number of aromatic amines is 2. The molecule has 0 aromatic carbocycles. The Kier molecular flexibility index (Phi) is 4.09. The molecule has 0 saturated heterocycles. The Balaban J connectivity index is 3.23. The van der Waals surface area contributed by atoms with Crippen LogP contribution in [0.4, 0.5) is 0 Å². The summed E-state index contributed by atoms with van der Waals surface area (Å²) in [6.07, 6.45) is 1.15. The van der Waals surface area contributed by atoms with Gasteiger partial charge in [0.25, 0.3) is 5.56 Å². The third kappa shape index (κ3) is 3.06. The van der Waals surface area contributed by atoms with Crippen molar-refractivity contribution in [3.05, 3.63) is 27.0 Å². The summed E-state index contributed by atoms with van der Waals surface area (Å²) in [4.78, 5) is 25.5. The Morgan fingerprint density at radius 2 is 2.06 bits per heavy atom. The number of hydrogen-bond donors (Lipinski definition) is 4. The molecule has 1 atom stereocenters. The smallest absolute Gasteiger partial charge is 0.325 e. The first-order chi connectivity index (χ1) is 8.24. The van der Waals surface area contributed by atoms with E-state index in [0.717, 1.165) is 6.20 Å². The zero-order valence-electron chi connectivity index (χ0n) is 9.98. The van der Waals surface area contributed by atoms with E-state index in [1.165, 1.54) is 6.92 Å². The number of nitrogens with one attached hydrogen (secondary N) is 3. The van der Waals surface area contributed by atoms with Crippen LogP contribution in [0.1, 0.15) is 20.3 Å². The highest BCUT2D eigenvalue weighted by atomic mass is 32.2. The lowest BCUT2D eigenvalue weighted by Crippen LogP contribution is -2.49.